The zero-order valence-corrected chi connectivity index (χ0v) is 24.8. The van der Waals surface area contributed by atoms with Gasteiger partial charge in [-0.1, -0.05) is 120 Å². The molecule has 0 radical (unpaired) electrons. The number of unbranched alkanes of at least 4 members (excludes halogenated alkanes) is 17. The zero-order valence-electron chi connectivity index (χ0n) is 23.9. The Bertz CT molecular complexity index is 501. The van der Waals surface area contributed by atoms with Crippen molar-refractivity contribution in [2.45, 2.75) is 160 Å². The third-order valence-corrected chi connectivity index (χ3v) is 9.30. The maximum absolute atomic E-state index is 12.1. The second-order valence-corrected chi connectivity index (χ2v) is 12.8. The van der Waals surface area contributed by atoms with Crippen molar-refractivity contribution in [2.24, 2.45) is 0 Å². The van der Waals surface area contributed by atoms with Gasteiger partial charge in [-0.25, -0.2) is 0 Å². The minimum absolute atomic E-state index is 0.513. The van der Waals surface area contributed by atoms with Crippen LogP contribution in [0.4, 0.5) is 0 Å². The molecule has 202 valence electrons. The van der Waals surface area contributed by atoms with Crippen molar-refractivity contribution < 1.29 is 13.9 Å². The molecule has 4 heteroatoms. The van der Waals surface area contributed by atoms with Crippen molar-refractivity contribution in [3.05, 3.63) is 12.2 Å². The van der Waals surface area contributed by atoms with E-state index in [1.165, 1.54) is 103 Å². The Balaban J connectivity index is 3.59. The molecular formula is C30H61NO2P+. The van der Waals surface area contributed by atoms with Crippen LogP contribution in [0.15, 0.2) is 12.2 Å². The van der Waals surface area contributed by atoms with Gasteiger partial charge in [-0.15, -0.1) is 0 Å². The Morgan fingerprint density at radius 2 is 0.971 bits per heavy atom. The summed E-state index contributed by atoms with van der Waals surface area (Å²) in [6, 6.07) is 0. The van der Waals surface area contributed by atoms with Crippen molar-refractivity contribution in [2.75, 3.05) is 21.1 Å². The van der Waals surface area contributed by atoms with Crippen molar-refractivity contribution >= 4 is 8.03 Å². The van der Waals surface area contributed by atoms with Crippen molar-refractivity contribution in [3.8, 4) is 0 Å². The summed E-state index contributed by atoms with van der Waals surface area (Å²) < 4.78 is 12.6. The largest absolute Gasteiger partial charge is 0.590 e. The molecule has 0 aliphatic carbocycles. The van der Waals surface area contributed by atoms with E-state index < -0.39 is 13.3 Å². The molecule has 0 aliphatic heterocycles. The minimum atomic E-state index is -2.43. The Kier molecular flexibility index (Phi) is 21.8. The fourth-order valence-electron chi connectivity index (χ4n) is 5.16. The number of quaternary nitrogens is 1. The highest BCUT2D eigenvalue weighted by molar-refractivity contribution is 7.38. The third kappa shape index (κ3) is 16.4. The highest BCUT2D eigenvalue weighted by Gasteiger charge is 2.53. The van der Waals surface area contributed by atoms with Crippen LogP contribution in [0.25, 0.3) is 0 Å². The van der Waals surface area contributed by atoms with Crippen LogP contribution in [0, 0.1) is 0 Å². The van der Waals surface area contributed by atoms with E-state index in [0.29, 0.717) is 4.48 Å². The standard InChI is InChI=1S/C30H61NO2P/c1-6-8-9-10-11-12-13-14-15-16-17-18-19-20-21-22-23-24-25-26-27-29-30(28-7-2,34(32)33)31(3,4)5/h22-23H,6-21,24-29H2,1-5H3/q+1/b23-22-. The highest BCUT2D eigenvalue weighted by atomic mass is 31.1. The van der Waals surface area contributed by atoms with Gasteiger partial charge in [-0.05, 0) is 38.5 Å². The lowest BCUT2D eigenvalue weighted by molar-refractivity contribution is -0.910. The van der Waals surface area contributed by atoms with Gasteiger partial charge in [-0.2, -0.15) is 0 Å². The number of allylic oxidation sites excluding steroid dienone is 2. The lowest BCUT2D eigenvalue weighted by Gasteiger charge is -2.39. The summed E-state index contributed by atoms with van der Waals surface area (Å²) in [4.78, 5) is 12.1. The third-order valence-electron chi connectivity index (χ3n) is 7.58. The zero-order chi connectivity index (χ0) is 25.5. The normalized spacial score (nSPS) is 14.6. The quantitative estimate of drug-likeness (QED) is 0.0544. The maximum atomic E-state index is 12.1. The van der Waals surface area contributed by atoms with Gasteiger partial charge in [0, 0.05) is 12.8 Å². The predicted molar refractivity (Wildman–Crippen MR) is 150 cm³/mol. The molecule has 0 bridgehead atoms. The molecule has 0 N–H and O–H groups in total. The SMILES string of the molecule is CCCCCCCCCCCCCCCC/C=C\CCCCCC(CCC)([P+](=O)[O-])[N+](C)(C)C. The van der Waals surface area contributed by atoms with Crippen LogP contribution >= 0.6 is 8.03 Å². The molecule has 34 heavy (non-hydrogen) atoms. The van der Waals surface area contributed by atoms with Crippen molar-refractivity contribution in [1.29, 1.82) is 0 Å². The molecule has 0 aromatic rings. The van der Waals surface area contributed by atoms with Gasteiger partial charge in [-0.3, -0.25) is 4.48 Å². The van der Waals surface area contributed by atoms with Crippen LogP contribution in [0.5, 0.6) is 0 Å². The summed E-state index contributed by atoms with van der Waals surface area (Å²) in [5, 5.41) is -0.603. The fraction of sp³-hybridized carbons (Fsp3) is 0.933. The minimum Gasteiger partial charge on any atom is -0.590 e. The number of rotatable bonds is 25. The molecular weight excluding hydrogens is 437 g/mol. The monoisotopic (exact) mass is 498 g/mol. The summed E-state index contributed by atoms with van der Waals surface area (Å²) in [6.07, 6.45) is 32.7. The second-order valence-electron chi connectivity index (χ2n) is 11.5. The Morgan fingerprint density at radius 1 is 0.588 bits per heavy atom. The van der Waals surface area contributed by atoms with E-state index in [9.17, 15) is 9.46 Å². The molecule has 0 aromatic heterocycles. The van der Waals surface area contributed by atoms with Gasteiger partial charge in [0.2, 0.25) is 0 Å². The van der Waals surface area contributed by atoms with Crippen molar-refractivity contribution in [1.82, 2.24) is 0 Å². The Hall–Kier alpha value is -0.240. The van der Waals surface area contributed by atoms with E-state index in [1.54, 1.807) is 0 Å². The maximum Gasteiger partial charge on any atom is 0.376 e. The first-order chi connectivity index (χ1) is 16.3. The summed E-state index contributed by atoms with van der Waals surface area (Å²) in [5.41, 5.74) is 0. The summed E-state index contributed by atoms with van der Waals surface area (Å²) >= 11 is 0. The van der Waals surface area contributed by atoms with E-state index in [1.807, 2.05) is 21.1 Å². The lowest BCUT2D eigenvalue weighted by atomic mass is 9.99. The van der Waals surface area contributed by atoms with E-state index >= 15 is 0 Å². The molecule has 0 rings (SSSR count). The lowest BCUT2D eigenvalue weighted by Crippen LogP contribution is -2.55. The average molecular weight is 499 g/mol. The van der Waals surface area contributed by atoms with Crippen LogP contribution in [0.2, 0.25) is 0 Å². The molecule has 0 aromatic carbocycles. The van der Waals surface area contributed by atoms with E-state index in [2.05, 4.69) is 26.0 Å². The van der Waals surface area contributed by atoms with E-state index in [4.69, 9.17) is 0 Å². The molecule has 0 spiro atoms. The number of nitrogens with zero attached hydrogens (tertiary/aromatic N) is 1. The summed E-state index contributed by atoms with van der Waals surface area (Å²) in [6.45, 7) is 4.38. The van der Waals surface area contributed by atoms with E-state index in [-0.39, 0.29) is 0 Å². The second kappa shape index (κ2) is 22.0. The summed E-state index contributed by atoms with van der Waals surface area (Å²) in [5.74, 6) is 0. The van der Waals surface area contributed by atoms with Crippen LogP contribution in [-0.4, -0.2) is 30.9 Å². The smallest absolute Gasteiger partial charge is 0.376 e. The molecule has 0 aliphatic rings. The first-order valence-corrected chi connectivity index (χ1v) is 16.1. The molecule has 3 nitrogen and oxygen atoms in total. The first-order valence-electron chi connectivity index (χ1n) is 14.9. The molecule has 0 fully saturated rings. The number of hydrogen-bond donors (Lipinski definition) is 0. The van der Waals surface area contributed by atoms with Crippen LogP contribution < -0.4 is 4.89 Å². The van der Waals surface area contributed by atoms with Gasteiger partial charge in [0.05, 0.1) is 21.1 Å². The number of hydrogen-bond acceptors (Lipinski definition) is 2. The van der Waals surface area contributed by atoms with Crippen LogP contribution in [0.3, 0.4) is 0 Å². The molecule has 0 amide bonds. The van der Waals surface area contributed by atoms with Crippen LogP contribution in [-0.2, 0) is 4.57 Å². The van der Waals surface area contributed by atoms with Crippen molar-refractivity contribution in [3.63, 3.8) is 0 Å². The average Bonchev–Trinajstić information content (AvgIpc) is 2.78. The molecule has 2 atom stereocenters. The topological polar surface area (TPSA) is 40.1 Å². The highest BCUT2D eigenvalue weighted by Crippen LogP contribution is 2.45. The van der Waals surface area contributed by atoms with Gasteiger partial charge in [0.1, 0.15) is 0 Å². The molecule has 0 saturated carbocycles. The predicted octanol–water partition coefficient (Wildman–Crippen LogP) is 9.67. The Labute approximate surface area is 215 Å². The fourth-order valence-corrected chi connectivity index (χ4v) is 6.40. The van der Waals surface area contributed by atoms with Gasteiger partial charge in [0.15, 0.2) is 0 Å². The van der Waals surface area contributed by atoms with E-state index in [0.717, 1.165) is 38.5 Å². The summed E-state index contributed by atoms with van der Waals surface area (Å²) in [7, 11) is 3.65. The van der Waals surface area contributed by atoms with Gasteiger partial charge < -0.3 is 4.89 Å². The van der Waals surface area contributed by atoms with Crippen LogP contribution in [0.1, 0.15) is 155 Å². The molecule has 0 heterocycles. The molecule has 2 unspecified atom stereocenters. The molecule has 0 saturated heterocycles. The Morgan fingerprint density at radius 3 is 1.32 bits per heavy atom. The first kappa shape index (κ1) is 33.8. The van der Waals surface area contributed by atoms with Gasteiger partial charge in [0.25, 0.3) is 5.28 Å². The van der Waals surface area contributed by atoms with Gasteiger partial charge >= 0.3 is 8.03 Å².